The summed E-state index contributed by atoms with van der Waals surface area (Å²) in [5.41, 5.74) is 5.51. The van der Waals surface area contributed by atoms with Crippen LogP contribution >= 0.6 is 0 Å². The topological polar surface area (TPSA) is 55.1 Å². The Balaban J connectivity index is 3.68. The van der Waals surface area contributed by atoms with E-state index in [1.54, 1.807) is 0 Å². The Bertz CT molecular complexity index is 125. The highest BCUT2D eigenvalue weighted by molar-refractivity contribution is 5.81. The lowest BCUT2D eigenvalue weighted by atomic mass is 10.2. The largest absolute Gasteiger partial charge is 0.352 e. The molecule has 3 heteroatoms. The molecule has 0 heterocycles. The first kappa shape index (κ1) is 10.4. The van der Waals surface area contributed by atoms with Gasteiger partial charge in [0.1, 0.15) is 0 Å². The van der Waals surface area contributed by atoms with Gasteiger partial charge in [0.25, 0.3) is 0 Å². The first-order valence-corrected chi connectivity index (χ1v) is 4.17. The quantitative estimate of drug-likeness (QED) is 0.630. The molecule has 1 unspecified atom stereocenters. The van der Waals surface area contributed by atoms with E-state index in [0.29, 0.717) is 6.42 Å². The van der Waals surface area contributed by atoms with Crippen LogP contribution in [0.1, 0.15) is 33.6 Å². The van der Waals surface area contributed by atoms with Gasteiger partial charge < -0.3 is 11.1 Å². The first-order chi connectivity index (χ1) is 5.11. The fourth-order valence-electron chi connectivity index (χ4n) is 0.637. The van der Waals surface area contributed by atoms with E-state index >= 15 is 0 Å². The third-order valence-electron chi connectivity index (χ3n) is 1.78. The first-order valence-electron chi connectivity index (χ1n) is 4.17. The molecule has 0 aliphatic carbocycles. The molecule has 0 aliphatic rings. The van der Waals surface area contributed by atoms with Crippen LogP contribution < -0.4 is 11.1 Å². The SMILES string of the molecule is CCC(C)NC(=O)[C@H](N)CC. The van der Waals surface area contributed by atoms with Crippen molar-refractivity contribution in [2.45, 2.75) is 45.7 Å². The Morgan fingerprint density at radius 1 is 1.45 bits per heavy atom. The highest BCUT2D eigenvalue weighted by Gasteiger charge is 2.11. The molecule has 0 saturated carbocycles. The number of rotatable bonds is 4. The molecular weight excluding hydrogens is 140 g/mol. The highest BCUT2D eigenvalue weighted by atomic mass is 16.2. The Hall–Kier alpha value is -0.570. The van der Waals surface area contributed by atoms with Crippen molar-refractivity contribution in [2.24, 2.45) is 5.73 Å². The van der Waals surface area contributed by atoms with Gasteiger partial charge in [-0.25, -0.2) is 0 Å². The molecule has 1 amide bonds. The maximum Gasteiger partial charge on any atom is 0.237 e. The minimum atomic E-state index is -0.344. The summed E-state index contributed by atoms with van der Waals surface area (Å²) in [7, 11) is 0. The monoisotopic (exact) mass is 158 g/mol. The maximum atomic E-state index is 11.1. The summed E-state index contributed by atoms with van der Waals surface area (Å²) in [6.45, 7) is 5.91. The second kappa shape index (κ2) is 5.13. The van der Waals surface area contributed by atoms with Crippen LogP contribution in [0.4, 0.5) is 0 Å². The summed E-state index contributed by atoms with van der Waals surface area (Å²) in [4.78, 5) is 11.1. The fourth-order valence-corrected chi connectivity index (χ4v) is 0.637. The zero-order chi connectivity index (χ0) is 8.85. The van der Waals surface area contributed by atoms with Gasteiger partial charge >= 0.3 is 0 Å². The molecule has 0 aliphatic heterocycles. The van der Waals surface area contributed by atoms with Gasteiger partial charge in [-0.1, -0.05) is 13.8 Å². The molecule has 0 aromatic carbocycles. The van der Waals surface area contributed by atoms with Crippen LogP contribution in [0.5, 0.6) is 0 Å². The Kier molecular flexibility index (Phi) is 4.86. The van der Waals surface area contributed by atoms with Gasteiger partial charge in [-0.05, 0) is 19.8 Å². The molecule has 66 valence electrons. The number of nitrogens with two attached hydrogens (primary N) is 1. The molecule has 0 spiro atoms. The average molecular weight is 158 g/mol. The van der Waals surface area contributed by atoms with E-state index in [2.05, 4.69) is 5.32 Å². The predicted molar refractivity (Wildman–Crippen MR) is 46.2 cm³/mol. The van der Waals surface area contributed by atoms with Gasteiger partial charge in [0, 0.05) is 6.04 Å². The smallest absolute Gasteiger partial charge is 0.237 e. The van der Waals surface area contributed by atoms with Crippen LogP contribution in [0.2, 0.25) is 0 Å². The minimum absolute atomic E-state index is 0.0400. The van der Waals surface area contributed by atoms with Gasteiger partial charge in [-0.3, -0.25) is 4.79 Å². The zero-order valence-corrected chi connectivity index (χ0v) is 7.55. The van der Waals surface area contributed by atoms with Crippen molar-refractivity contribution in [1.29, 1.82) is 0 Å². The summed E-state index contributed by atoms with van der Waals surface area (Å²) in [6.07, 6.45) is 1.64. The highest BCUT2D eigenvalue weighted by Crippen LogP contribution is 1.91. The standard InChI is InChI=1S/C8H18N2O/c1-4-6(3)10-8(11)7(9)5-2/h6-7H,4-5,9H2,1-3H3,(H,10,11)/t6?,7-/m1/s1. The van der Waals surface area contributed by atoms with E-state index in [1.165, 1.54) is 0 Å². The van der Waals surface area contributed by atoms with Gasteiger partial charge in [0.15, 0.2) is 0 Å². The van der Waals surface area contributed by atoms with Gasteiger partial charge in [0.2, 0.25) is 5.91 Å². The third-order valence-corrected chi connectivity index (χ3v) is 1.78. The zero-order valence-electron chi connectivity index (χ0n) is 7.55. The van der Waals surface area contributed by atoms with E-state index in [0.717, 1.165) is 6.42 Å². The Labute approximate surface area is 68.3 Å². The molecule has 11 heavy (non-hydrogen) atoms. The van der Waals surface area contributed by atoms with Gasteiger partial charge in [-0.15, -0.1) is 0 Å². The molecule has 0 aromatic heterocycles. The van der Waals surface area contributed by atoms with Crippen LogP contribution in [0, 0.1) is 0 Å². The van der Waals surface area contributed by atoms with Gasteiger partial charge in [-0.2, -0.15) is 0 Å². The normalized spacial score (nSPS) is 15.6. The van der Waals surface area contributed by atoms with Crippen molar-refractivity contribution < 1.29 is 4.79 Å². The van der Waals surface area contributed by atoms with Crippen LogP contribution in [0.3, 0.4) is 0 Å². The minimum Gasteiger partial charge on any atom is -0.352 e. The van der Waals surface area contributed by atoms with Crippen molar-refractivity contribution in [3.8, 4) is 0 Å². The van der Waals surface area contributed by atoms with E-state index < -0.39 is 0 Å². The van der Waals surface area contributed by atoms with E-state index in [-0.39, 0.29) is 18.0 Å². The number of amides is 1. The maximum absolute atomic E-state index is 11.1. The molecule has 0 aromatic rings. The molecule has 0 radical (unpaired) electrons. The number of carbonyl (C=O) groups excluding carboxylic acids is 1. The number of hydrogen-bond donors (Lipinski definition) is 2. The van der Waals surface area contributed by atoms with Crippen molar-refractivity contribution in [3.05, 3.63) is 0 Å². The number of hydrogen-bond acceptors (Lipinski definition) is 2. The van der Waals surface area contributed by atoms with Gasteiger partial charge in [0.05, 0.1) is 6.04 Å². The lowest BCUT2D eigenvalue weighted by Gasteiger charge is -2.14. The third kappa shape index (κ3) is 3.98. The Morgan fingerprint density at radius 2 is 2.00 bits per heavy atom. The molecule has 3 nitrogen and oxygen atoms in total. The fraction of sp³-hybridized carbons (Fsp3) is 0.875. The van der Waals surface area contributed by atoms with E-state index in [1.807, 2.05) is 20.8 Å². The lowest BCUT2D eigenvalue weighted by molar-refractivity contribution is -0.123. The van der Waals surface area contributed by atoms with Crippen LogP contribution in [-0.2, 0) is 4.79 Å². The summed E-state index contributed by atoms with van der Waals surface area (Å²) in [6, 6.07) is -0.107. The van der Waals surface area contributed by atoms with Crippen LogP contribution in [-0.4, -0.2) is 18.0 Å². The number of carbonyl (C=O) groups is 1. The van der Waals surface area contributed by atoms with Crippen LogP contribution in [0.25, 0.3) is 0 Å². The average Bonchev–Trinajstić information content (AvgIpc) is 2.02. The molecule has 3 N–H and O–H groups in total. The second-order valence-corrected chi connectivity index (χ2v) is 2.83. The predicted octanol–water partition coefficient (Wildman–Crippen LogP) is 0.638. The summed E-state index contributed by atoms with van der Waals surface area (Å²) < 4.78 is 0. The van der Waals surface area contributed by atoms with E-state index in [4.69, 9.17) is 5.73 Å². The molecule has 0 bridgehead atoms. The summed E-state index contributed by atoms with van der Waals surface area (Å²) >= 11 is 0. The second-order valence-electron chi connectivity index (χ2n) is 2.83. The van der Waals surface area contributed by atoms with E-state index in [9.17, 15) is 4.79 Å². The van der Waals surface area contributed by atoms with Crippen molar-refractivity contribution in [2.75, 3.05) is 0 Å². The van der Waals surface area contributed by atoms with Crippen molar-refractivity contribution in [3.63, 3.8) is 0 Å². The molecule has 0 saturated heterocycles. The molecule has 0 fully saturated rings. The summed E-state index contributed by atoms with van der Waals surface area (Å²) in [5, 5.41) is 2.82. The van der Waals surface area contributed by atoms with Crippen LogP contribution in [0.15, 0.2) is 0 Å². The number of nitrogens with one attached hydrogen (secondary N) is 1. The molecule has 2 atom stereocenters. The van der Waals surface area contributed by atoms with Crippen molar-refractivity contribution in [1.82, 2.24) is 5.32 Å². The summed E-state index contributed by atoms with van der Waals surface area (Å²) in [5.74, 6) is -0.0400. The van der Waals surface area contributed by atoms with Crippen molar-refractivity contribution >= 4 is 5.91 Å². The Morgan fingerprint density at radius 3 is 2.36 bits per heavy atom. The lowest BCUT2D eigenvalue weighted by Crippen LogP contribution is -2.43. The molecule has 0 rings (SSSR count). The molecular formula is C8H18N2O.